The molecule has 1 amide bonds. The molecule has 1 aliphatic heterocycles. The number of likely N-dealkylation sites (N-methyl/N-ethyl adjacent to an activating group) is 1. The Labute approximate surface area is 158 Å². The van der Waals surface area contributed by atoms with Crippen LogP contribution >= 0.6 is 0 Å². The van der Waals surface area contributed by atoms with Gasteiger partial charge >= 0.3 is 0 Å². The van der Waals surface area contributed by atoms with Crippen molar-refractivity contribution in [3.8, 4) is 0 Å². The Balaban J connectivity index is 1.77. The van der Waals surface area contributed by atoms with Gasteiger partial charge in [-0.15, -0.1) is 0 Å². The first-order chi connectivity index (χ1) is 12.8. The van der Waals surface area contributed by atoms with Gasteiger partial charge in [-0.2, -0.15) is 0 Å². The molecular weight excluding hydrogens is 344 g/mol. The number of aromatic amines is 1. The van der Waals surface area contributed by atoms with Crippen molar-refractivity contribution in [2.45, 2.75) is 32.9 Å². The highest BCUT2D eigenvalue weighted by atomic mass is 16.2. The number of pyridine rings is 1. The molecule has 8 heteroatoms. The molecule has 144 valence electrons. The van der Waals surface area contributed by atoms with E-state index in [4.69, 9.17) is 0 Å². The lowest BCUT2D eigenvalue weighted by Crippen LogP contribution is -2.33. The predicted octanol–water partition coefficient (Wildman–Crippen LogP) is 0.852. The number of carbonyl (C=O) groups excluding carboxylic acids is 1. The van der Waals surface area contributed by atoms with E-state index in [1.165, 1.54) is 6.07 Å². The van der Waals surface area contributed by atoms with Gasteiger partial charge in [0, 0.05) is 42.1 Å². The minimum Gasteiger partial charge on any atom is -0.355 e. The molecule has 1 fully saturated rings. The molecule has 8 nitrogen and oxygen atoms in total. The lowest BCUT2D eigenvalue weighted by atomic mass is 10.2. The molecule has 0 aliphatic carbocycles. The summed E-state index contributed by atoms with van der Waals surface area (Å²) in [4.78, 5) is 39.9. The normalized spacial score (nSPS) is 16.8. The molecule has 0 spiro atoms. The fraction of sp³-hybridized carbons (Fsp3) is 0.474. The SMILES string of the molecule is Cc1nc(C(=O)NCc2cccc(=O)[nH]2)nc(N2CC[C@@H](N(C)C)C2)c1C. The van der Waals surface area contributed by atoms with Crippen LogP contribution in [0.4, 0.5) is 5.82 Å². The number of H-pyrrole nitrogens is 1. The van der Waals surface area contributed by atoms with Crippen LogP contribution in [0, 0.1) is 13.8 Å². The molecule has 1 saturated heterocycles. The molecule has 0 aromatic carbocycles. The first kappa shape index (κ1) is 19.0. The minimum atomic E-state index is -0.354. The van der Waals surface area contributed by atoms with Crippen molar-refractivity contribution >= 4 is 11.7 Å². The number of aryl methyl sites for hydroxylation is 1. The van der Waals surface area contributed by atoms with Gasteiger partial charge in [-0.1, -0.05) is 6.07 Å². The Morgan fingerprint density at radius 2 is 2.11 bits per heavy atom. The Morgan fingerprint density at radius 3 is 2.78 bits per heavy atom. The fourth-order valence-electron chi connectivity index (χ4n) is 3.23. The van der Waals surface area contributed by atoms with Gasteiger partial charge in [-0.25, -0.2) is 9.97 Å². The molecule has 0 bridgehead atoms. The lowest BCUT2D eigenvalue weighted by molar-refractivity contribution is 0.0939. The van der Waals surface area contributed by atoms with E-state index < -0.39 is 0 Å². The van der Waals surface area contributed by atoms with E-state index in [0.29, 0.717) is 11.7 Å². The average Bonchev–Trinajstić information content (AvgIpc) is 3.12. The first-order valence-electron chi connectivity index (χ1n) is 9.08. The average molecular weight is 370 g/mol. The molecule has 3 rings (SSSR count). The van der Waals surface area contributed by atoms with E-state index in [1.54, 1.807) is 12.1 Å². The van der Waals surface area contributed by atoms with Crippen LogP contribution in [0.15, 0.2) is 23.0 Å². The largest absolute Gasteiger partial charge is 0.355 e. The van der Waals surface area contributed by atoms with Crippen molar-refractivity contribution in [1.82, 2.24) is 25.2 Å². The van der Waals surface area contributed by atoms with Crippen LogP contribution in [-0.4, -0.2) is 59.0 Å². The van der Waals surface area contributed by atoms with Crippen molar-refractivity contribution in [3.63, 3.8) is 0 Å². The molecule has 27 heavy (non-hydrogen) atoms. The van der Waals surface area contributed by atoms with E-state index in [1.807, 2.05) is 13.8 Å². The van der Waals surface area contributed by atoms with Crippen molar-refractivity contribution < 1.29 is 4.79 Å². The fourth-order valence-corrected chi connectivity index (χ4v) is 3.23. The molecule has 2 N–H and O–H groups in total. The molecule has 0 radical (unpaired) electrons. The number of rotatable bonds is 5. The van der Waals surface area contributed by atoms with Gasteiger partial charge in [0.25, 0.3) is 5.91 Å². The van der Waals surface area contributed by atoms with Gasteiger partial charge in [0.2, 0.25) is 11.4 Å². The standard InChI is InChI=1S/C19H26N6O2/c1-12-13(2)21-17(19(27)20-10-14-6-5-7-16(26)22-14)23-18(12)25-9-8-15(11-25)24(3)4/h5-7,15H,8-11H2,1-4H3,(H,20,27)(H,22,26)/t15-/m1/s1. The number of amides is 1. The van der Waals surface area contributed by atoms with E-state index in [-0.39, 0.29) is 23.8 Å². The van der Waals surface area contributed by atoms with Crippen molar-refractivity contribution in [3.05, 3.63) is 51.3 Å². The van der Waals surface area contributed by atoms with Gasteiger partial charge in [0.15, 0.2) is 0 Å². The van der Waals surface area contributed by atoms with Crippen LogP contribution in [0.3, 0.4) is 0 Å². The minimum absolute atomic E-state index is 0.152. The molecule has 1 aliphatic rings. The number of nitrogens with zero attached hydrogens (tertiary/aromatic N) is 4. The molecule has 3 heterocycles. The third-order valence-electron chi connectivity index (χ3n) is 5.03. The van der Waals surface area contributed by atoms with Gasteiger partial charge < -0.3 is 20.1 Å². The molecule has 2 aromatic rings. The summed E-state index contributed by atoms with van der Waals surface area (Å²) in [5, 5.41) is 2.77. The zero-order chi connectivity index (χ0) is 19.6. The summed E-state index contributed by atoms with van der Waals surface area (Å²) in [6, 6.07) is 5.31. The second kappa shape index (κ2) is 7.87. The molecule has 1 atom stereocenters. The smallest absolute Gasteiger partial charge is 0.289 e. The highest BCUT2D eigenvalue weighted by molar-refractivity contribution is 5.90. The highest BCUT2D eigenvalue weighted by Gasteiger charge is 2.27. The van der Waals surface area contributed by atoms with Crippen molar-refractivity contribution in [2.75, 3.05) is 32.1 Å². The monoisotopic (exact) mass is 370 g/mol. The van der Waals surface area contributed by atoms with E-state index >= 15 is 0 Å². The van der Waals surface area contributed by atoms with Crippen LogP contribution in [0.2, 0.25) is 0 Å². The molecule has 0 unspecified atom stereocenters. The topological polar surface area (TPSA) is 94.2 Å². The third kappa shape index (κ3) is 4.33. The third-order valence-corrected chi connectivity index (χ3v) is 5.03. The van der Waals surface area contributed by atoms with Crippen LogP contribution in [0.25, 0.3) is 0 Å². The zero-order valence-electron chi connectivity index (χ0n) is 16.2. The van der Waals surface area contributed by atoms with Crippen LogP contribution < -0.4 is 15.8 Å². The summed E-state index contributed by atoms with van der Waals surface area (Å²) >= 11 is 0. The van der Waals surface area contributed by atoms with Crippen molar-refractivity contribution in [1.29, 1.82) is 0 Å². The Morgan fingerprint density at radius 1 is 1.33 bits per heavy atom. The first-order valence-corrected chi connectivity index (χ1v) is 9.08. The maximum Gasteiger partial charge on any atom is 0.289 e. The summed E-state index contributed by atoms with van der Waals surface area (Å²) in [6.45, 7) is 5.89. The number of carbonyl (C=O) groups is 1. The highest BCUT2D eigenvalue weighted by Crippen LogP contribution is 2.25. The Hall–Kier alpha value is -2.74. The maximum absolute atomic E-state index is 12.6. The summed E-state index contributed by atoms with van der Waals surface area (Å²) < 4.78 is 0. The summed E-state index contributed by atoms with van der Waals surface area (Å²) in [5.74, 6) is 0.622. The Kier molecular flexibility index (Phi) is 5.55. The number of nitrogens with one attached hydrogen (secondary N) is 2. The van der Waals surface area contributed by atoms with Crippen molar-refractivity contribution in [2.24, 2.45) is 0 Å². The number of hydrogen-bond acceptors (Lipinski definition) is 6. The molecule has 2 aromatic heterocycles. The molecular formula is C19H26N6O2. The van der Waals surface area contributed by atoms with Gasteiger partial charge in [-0.05, 0) is 40.4 Å². The van der Waals surface area contributed by atoms with Gasteiger partial charge in [0.05, 0.1) is 6.54 Å². The number of anilines is 1. The second-order valence-electron chi connectivity index (χ2n) is 7.16. The van der Waals surface area contributed by atoms with Gasteiger partial charge in [0.1, 0.15) is 5.82 Å². The zero-order valence-corrected chi connectivity index (χ0v) is 16.2. The number of aromatic nitrogens is 3. The Bertz CT molecular complexity index is 892. The summed E-state index contributed by atoms with van der Waals surface area (Å²) in [7, 11) is 4.16. The molecule has 0 saturated carbocycles. The lowest BCUT2D eigenvalue weighted by Gasteiger charge is -2.23. The van der Waals surface area contributed by atoms with E-state index in [9.17, 15) is 9.59 Å². The van der Waals surface area contributed by atoms with Crippen LogP contribution in [-0.2, 0) is 6.54 Å². The van der Waals surface area contributed by atoms with E-state index in [2.05, 4.69) is 44.2 Å². The predicted molar refractivity (Wildman–Crippen MR) is 104 cm³/mol. The summed E-state index contributed by atoms with van der Waals surface area (Å²) in [5.41, 5.74) is 2.23. The van der Waals surface area contributed by atoms with E-state index in [0.717, 1.165) is 36.6 Å². The number of hydrogen-bond donors (Lipinski definition) is 2. The van der Waals surface area contributed by atoms with Crippen LogP contribution in [0.5, 0.6) is 0 Å². The second-order valence-corrected chi connectivity index (χ2v) is 7.16. The van der Waals surface area contributed by atoms with Crippen LogP contribution in [0.1, 0.15) is 34.0 Å². The quantitative estimate of drug-likeness (QED) is 0.810. The maximum atomic E-state index is 12.6. The summed E-state index contributed by atoms with van der Waals surface area (Å²) in [6.07, 6.45) is 1.07. The van der Waals surface area contributed by atoms with Gasteiger partial charge in [-0.3, -0.25) is 9.59 Å².